The van der Waals surface area contributed by atoms with Crippen LogP contribution in [0, 0.1) is 6.92 Å². The van der Waals surface area contributed by atoms with Crippen LogP contribution in [-0.4, -0.2) is 49.7 Å². The van der Waals surface area contributed by atoms with Crippen molar-refractivity contribution in [2.24, 2.45) is 0 Å². The van der Waals surface area contributed by atoms with Gasteiger partial charge in [-0.15, -0.1) is 11.6 Å². The molecule has 0 radical (unpaired) electrons. The Morgan fingerprint density at radius 2 is 1.33 bits per heavy atom. The molecule has 0 saturated carbocycles. The van der Waals surface area contributed by atoms with Crippen LogP contribution in [0.5, 0.6) is 23.0 Å². The van der Waals surface area contributed by atoms with E-state index in [0.717, 1.165) is 35.0 Å². The maximum atomic E-state index is 11.7. The molecule has 6 nitrogen and oxygen atoms in total. The van der Waals surface area contributed by atoms with Gasteiger partial charge in [0.05, 0.1) is 26.4 Å². The zero-order valence-corrected chi connectivity index (χ0v) is 21.2. The van der Waals surface area contributed by atoms with Crippen molar-refractivity contribution in [2.75, 3.05) is 38.9 Å². The second kappa shape index (κ2) is 13.8. The highest BCUT2D eigenvalue weighted by molar-refractivity contribution is 6.27. The lowest BCUT2D eigenvalue weighted by Gasteiger charge is -2.29. The van der Waals surface area contributed by atoms with Crippen molar-refractivity contribution in [2.45, 2.75) is 47.6 Å². The molecule has 1 amide bonds. The monoisotopic (exact) mass is 477 g/mol. The van der Waals surface area contributed by atoms with E-state index in [4.69, 9.17) is 30.5 Å². The minimum atomic E-state index is -0.0239. The number of carbonyl (C=O) groups excluding carboxylic acids is 1. The van der Waals surface area contributed by atoms with Gasteiger partial charge in [-0.3, -0.25) is 4.79 Å². The highest BCUT2D eigenvalue weighted by Crippen LogP contribution is 2.34. The Kier molecular flexibility index (Phi) is 11.2. The van der Waals surface area contributed by atoms with Gasteiger partial charge in [0, 0.05) is 13.1 Å². The maximum absolute atomic E-state index is 11.7. The van der Waals surface area contributed by atoms with Crippen molar-refractivity contribution < 1.29 is 23.7 Å². The van der Waals surface area contributed by atoms with E-state index in [1.54, 1.807) is 4.90 Å². The van der Waals surface area contributed by atoms with Gasteiger partial charge in [0.15, 0.2) is 23.0 Å². The lowest BCUT2D eigenvalue weighted by Crippen LogP contribution is -2.36. The topological polar surface area (TPSA) is 57.2 Å². The van der Waals surface area contributed by atoms with Crippen LogP contribution in [0.3, 0.4) is 0 Å². The number of ether oxygens (including phenoxy) is 4. The number of hydrogen-bond donors (Lipinski definition) is 0. The van der Waals surface area contributed by atoms with Gasteiger partial charge >= 0.3 is 0 Å². The maximum Gasteiger partial charge on any atom is 0.237 e. The molecule has 0 aromatic heterocycles. The average molecular weight is 478 g/mol. The Morgan fingerprint density at radius 3 is 1.88 bits per heavy atom. The first-order valence-corrected chi connectivity index (χ1v) is 12.1. The number of rotatable bonds is 9. The molecule has 0 bridgehead atoms. The summed E-state index contributed by atoms with van der Waals surface area (Å²) in [6.45, 7) is 13.7. The highest BCUT2D eigenvalue weighted by atomic mass is 35.5. The smallest absolute Gasteiger partial charge is 0.237 e. The zero-order valence-electron chi connectivity index (χ0n) is 20.4. The van der Waals surface area contributed by atoms with E-state index < -0.39 is 0 Å². The van der Waals surface area contributed by atoms with E-state index in [1.807, 2.05) is 65.0 Å². The number of benzene rings is 2. The van der Waals surface area contributed by atoms with Crippen LogP contribution >= 0.6 is 11.6 Å². The molecule has 1 aliphatic heterocycles. The normalized spacial score (nSPS) is 12.2. The quantitative estimate of drug-likeness (QED) is 0.452. The minimum Gasteiger partial charge on any atom is -0.490 e. The van der Waals surface area contributed by atoms with Gasteiger partial charge in [-0.25, -0.2) is 0 Å². The molecule has 0 aliphatic carbocycles. The first-order valence-electron chi connectivity index (χ1n) is 11.6. The Morgan fingerprint density at radius 1 is 0.818 bits per heavy atom. The largest absolute Gasteiger partial charge is 0.490 e. The molecule has 0 N–H and O–H groups in total. The van der Waals surface area contributed by atoms with E-state index >= 15 is 0 Å². The van der Waals surface area contributed by atoms with Crippen molar-refractivity contribution >= 4 is 17.5 Å². The first-order chi connectivity index (χ1) is 16.0. The molecule has 0 atom stereocenters. The predicted octanol–water partition coefficient (Wildman–Crippen LogP) is 5.40. The van der Waals surface area contributed by atoms with Gasteiger partial charge in [-0.05, 0) is 82.0 Å². The van der Waals surface area contributed by atoms with Crippen molar-refractivity contribution in [3.8, 4) is 23.0 Å². The van der Waals surface area contributed by atoms with E-state index in [0.29, 0.717) is 39.5 Å². The summed E-state index contributed by atoms with van der Waals surface area (Å²) in [5.41, 5.74) is 3.52. The summed E-state index contributed by atoms with van der Waals surface area (Å²) >= 11 is 5.62. The zero-order chi connectivity index (χ0) is 24.2. The fourth-order valence-electron chi connectivity index (χ4n) is 3.56. The van der Waals surface area contributed by atoms with E-state index in [9.17, 15) is 4.79 Å². The Hall–Kier alpha value is -2.60. The molecule has 0 spiro atoms. The van der Waals surface area contributed by atoms with Crippen LogP contribution in [0.1, 0.15) is 44.4 Å². The van der Waals surface area contributed by atoms with Gasteiger partial charge in [0.1, 0.15) is 5.88 Å². The fraction of sp³-hybridized carbons (Fsp3) is 0.500. The minimum absolute atomic E-state index is 0.0239. The van der Waals surface area contributed by atoms with Crippen LogP contribution in [-0.2, 0) is 17.8 Å². The van der Waals surface area contributed by atoms with Crippen LogP contribution in [0.15, 0.2) is 30.3 Å². The molecule has 1 aliphatic rings. The molecule has 0 unspecified atom stereocenters. The Bertz CT molecular complexity index is 902. The molecule has 2 aromatic rings. The number of aryl methyl sites for hydroxylation is 1. The molecule has 2 aromatic carbocycles. The number of carbonyl (C=O) groups is 1. The van der Waals surface area contributed by atoms with E-state index in [1.165, 1.54) is 11.1 Å². The van der Waals surface area contributed by atoms with E-state index in [-0.39, 0.29) is 11.8 Å². The summed E-state index contributed by atoms with van der Waals surface area (Å²) in [5.74, 6) is 3.20. The van der Waals surface area contributed by atoms with Crippen LogP contribution in [0.4, 0.5) is 0 Å². The van der Waals surface area contributed by atoms with Gasteiger partial charge < -0.3 is 23.8 Å². The predicted molar refractivity (Wildman–Crippen MR) is 132 cm³/mol. The van der Waals surface area contributed by atoms with Crippen LogP contribution < -0.4 is 18.9 Å². The lowest BCUT2D eigenvalue weighted by molar-refractivity contribution is -0.129. The third-order valence-corrected chi connectivity index (χ3v) is 5.27. The molecule has 7 heteroatoms. The summed E-state index contributed by atoms with van der Waals surface area (Å²) in [4.78, 5) is 13.5. The first kappa shape index (κ1) is 26.7. The highest BCUT2D eigenvalue weighted by Gasteiger charge is 2.22. The third kappa shape index (κ3) is 7.74. The SMILES string of the molecule is CCOc1cc2c(cc1OCC)CN(C(=O)CCl)CC2.CCOc1ccc(C)cc1OCC. The molecule has 182 valence electrons. The van der Waals surface area contributed by atoms with Gasteiger partial charge in [0.25, 0.3) is 0 Å². The molecule has 0 fully saturated rings. The number of fused-ring (bicyclic) bond motifs is 1. The van der Waals surface area contributed by atoms with E-state index in [2.05, 4.69) is 0 Å². The van der Waals surface area contributed by atoms with Crippen LogP contribution in [0.25, 0.3) is 0 Å². The lowest BCUT2D eigenvalue weighted by atomic mass is 9.99. The molecular weight excluding hydrogens is 442 g/mol. The molecule has 1 heterocycles. The third-order valence-electron chi connectivity index (χ3n) is 5.04. The van der Waals surface area contributed by atoms with Crippen molar-refractivity contribution in [1.82, 2.24) is 4.90 Å². The molecule has 0 saturated heterocycles. The second-order valence-electron chi connectivity index (χ2n) is 7.45. The van der Waals surface area contributed by atoms with Crippen LogP contribution in [0.2, 0.25) is 0 Å². The van der Waals surface area contributed by atoms with Gasteiger partial charge in [0.2, 0.25) is 5.91 Å². The Balaban J connectivity index is 0.000000257. The standard InChI is InChI=1S/C15H20ClNO3.C11H16O2/c1-3-19-13-7-11-5-6-17(15(18)9-16)10-12(11)8-14(13)20-4-2;1-4-12-10-7-6-9(3)8-11(10)13-5-2/h7-8H,3-6,9-10H2,1-2H3;6-8H,4-5H2,1-3H3. The molecule has 3 rings (SSSR count). The van der Waals surface area contributed by atoms with Gasteiger partial charge in [-0.1, -0.05) is 6.07 Å². The second-order valence-corrected chi connectivity index (χ2v) is 7.72. The number of nitrogens with zero attached hydrogens (tertiary/aromatic N) is 1. The fourth-order valence-corrected chi connectivity index (χ4v) is 3.73. The summed E-state index contributed by atoms with van der Waals surface area (Å²) in [7, 11) is 0. The number of amides is 1. The number of alkyl halides is 1. The summed E-state index contributed by atoms with van der Waals surface area (Å²) in [6, 6.07) is 9.98. The summed E-state index contributed by atoms with van der Waals surface area (Å²) in [6.07, 6.45) is 0.824. The van der Waals surface area contributed by atoms with Gasteiger partial charge in [-0.2, -0.15) is 0 Å². The van der Waals surface area contributed by atoms with Crippen molar-refractivity contribution in [3.05, 3.63) is 47.0 Å². The number of halogens is 1. The van der Waals surface area contributed by atoms with Crippen molar-refractivity contribution in [3.63, 3.8) is 0 Å². The molecular formula is C26H36ClNO5. The molecule has 33 heavy (non-hydrogen) atoms. The number of hydrogen-bond acceptors (Lipinski definition) is 5. The average Bonchev–Trinajstić information content (AvgIpc) is 2.81. The Labute approximate surface area is 202 Å². The van der Waals surface area contributed by atoms with Crippen molar-refractivity contribution in [1.29, 1.82) is 0 Å². The summed E-state index contributed by atoms with van der Waals surface area (Å²) < 4.78 is 22.1. The summed E-state index contributed by atoms with van der Waals surface area (Å²) in [5, 5.41) is 0.